The summed E-state index contributed by atoms with van der Waals surface area (Å²) in [6.45, 7) is 0.922. The normalized spacial score (nSPS) is 15.9. The van der Waals surface area contributed by atoms with E-state index in [-0.39, 0.29) is 24.9 Å². The Kier molecular flexibility index (Phi) is 6.49. The number of nitrogens with one attached hydrogen (secondary N) is 1. The average molecular weight is 570 g/mol. The van der Waals surface area contributed by atoms with E-state index in [0.29, 0.717) is 41.3 Å². The second kappa shape index (κ2) is 10.4. The summed E-state index contributed by atoms with van der Waals surface area (Å²) >= 11 is 0. The number of carbonyl (C=O) groups excluding carboxylic acids is 2. The Bertz CT molecular complexity index is 1820. The molecule has 1 aliphatic heterocycles. The van der Waals surface area contributed by atoms with Crippen LogP contribution in [0.25, 0.3) is 33.6 Å². The molecule has 7 rings (SSSR count). The smallest absolute Gasteiger partial charge is 0.255 e. The van der Waals surface area contributed by atoms with E-state index in [4.69, 9.17) is 15.7 Å². The highest BCUT2D eigenvalue weighted by Crippen LogP contribution is 2.38. The Morgan fingerprint density at radius 2 is 2.10 bits per heavy atom. The fraction of sp³-hybridized carbons (Fsp3) is 0.367. The van der Waals surface area contributed by atoms with Gasteiger partial charge in [-0.3, -0.25) is 9.59 Å². The lowest BCUT2D eigenvalue weighted by molar-refractivity contribution is -0.116. The maximum Gasteiger partial charge on any atom is 0.255 e. The first-order chi connectivity index (χ1) is 20.4. The van der Waals surface area contributed by atoms with Gasteiger partial charge in [-0.05, 0) is 37.0 Å². The highest BCUT2D eigenvalue weighted by molar-refractivity contribution is 6.03. The summed E-state index contributed by atoms with van der Waals surface area (Å²) in [6, 6.07) is 9.11. The Balaban J connectivity index is 1.29. The predicted octanol–water partition coefficient (Wildman–Crippen LogP) is 3.13. The number of benzene rings is 1. The average Bonchev–Trinajstić information content (AvgIpc) is 3.36. The van der Waals surface area contributed by atoms with Gasteiger partial charge in [-0.15, -0.1) is 0 Å². The minimum absolute atomic E-state index is 0.134. The van der Waals surface area contributed by atoms with E-state index < -0.39 is 12.7 Å². The number of alkyl halides is 1. The highest BCUT2D eigenvalue weighted by atomic mass is 19.1. The van der Waals surface area contributed by atoms with Crippen molar-refractivity contribution in [2.24, 2.45) is 18.7 Å². The number of anilines is 1. The minimum atomic E-state index is -0.706. The zero-order valence-electron chi connectivity index (χ0n) is 23.3. The van der Waals surface area contributed by atoms with Gasteiger partial charge in [-0.25, -0.2) is 19.3 Å². The Hall–Kier alpha value is -4.58. The van der Waals surface area contributed by atoms with Crippen molar-refractivity contribution in [2.75, 3.05) is 25.1 Å². The van der Waals surface area contributed by atoms with Gasteiger partial charge in [0.15, 0.2) is 11.5 Å². The number of halogens is 1. The molecule has 4 aromatic heterocycles. The molecule has 1 fully saturated rings. The summed E-state index contributed by atoms with van der Waals surface area (Å²) < 4.78 is 19.0. The van der Waals surface area contributed by atoms with Crippen molar-refractivity contribution in [3.05, 3.63) is 60.3 Å². The van der Waals surface area contributed by atoms with Gasteiger partial charge < -0.3 is 29.7 Å². The molecule has 2 aliphatic rings. The van der Waals surface area contributed by atoms with E-state index in [1.165, 1.54) is 0 Å². The fourth-order valence-corrected chi connectivity index (χ4v) is 5.87. The van der Waals surface area contributed by atoms with Crippen LogP contribution in [0.2, 0.25) is 0 Å². The molecule has 5 aromatic rings. The second-order valence-corrected chi connectivity index (χ2v) is 11.3. The second-order valence-electron chi connectivity index (χ2n) is 11.3. The number of para-hydroxylation sites is 1. The van der Waals surface area contributed by atoms with Gasteiger partial charge in [0, 0.05) is 50.9 Å². The van der Waals surface area contributed by atoms with Gasteiger partial charge in [0.2, 0.25) is 5.91 Å². The first kappa shape index (κ1) is 26.3. The van der Waals surface area contributed by atoms with E-state index in [0.717, 1.165) is 47.5 Å². The molecule has 3 N–H and O–H groups in total. The van der Waals surface area contributed by atoms with Gasteiger partial charge in [0.1, 0.15) is 18.7 Å². The molecule has 2 amide bonds. The number of pyridine rings is 1. The standard InChI is InChI=1S/C30H32FN9O2/c1-37-28-24(12-21-22(35-28)7-9-39(30(21)42)15-20(32)13-31)36-29(37)25-11-19-3-2-4-23(27(19)40(25)14-18-5-6-18)34-26(41)16-38-10-8-33-17-38/h2-4,8,10-12,17-18,20H,5-7,9,13-16,32H2,1H3,(H,34,41)/t20-/m1/s1. The van der Waals surface area contributed by atoms with Crippen LogP contribution in [-0.4, -0.2) is 71.2 Å². The van der Waals surface area contributed by atoms with E-state index in [1.807, 2.05) is 29.8 Å². The predicted molar refractivity (Wildman–Crippen MR) is 157 cm³/mol. The van der Waals surface area contributed by atoms with Crippen LogP contribution in [0.15, 0.2) is 49.1 Å². The van der Waals surface area contributed by atoms with Crippen LogP contribution >= 0.6 is 0 Å². The number of imidazole rings is 2. The number of nitrogens with zero attached hydrogens (tertiary/aromatic N) is 7. The molecule has 1 atom stereocenters. The number of amides is 2. The first-order valence-corrected chi connectivity index (χ1v) is 14.2. The Morgan fingerprint density at radius 1 is 1.24 bits per heavy atom. The molecule has 0 radical (unpaired) electrons. The van der Waals surface area contributed by atoms with E-state index >= 15 is 0 Å². The third kappa shape index (κ3) is 4.71. The van der Waals surface area contributed by atoms with Crippen LogP contribution in [0.1, 0.15) is 28.9 Å². The maximum absolute atomic E-state index is 13.2. The van der Waals surface area contributed by atoms with Gasteiger partial charge >= 0.3 is 0 Å². The molecule has 11 nitrogen and oxygen atoms in total. The molecule has 5 heterocycles. The molecule has 0 saturated heterocycles. The number of aromatic nitrogens is 6. The molecule has 0 bridgehead atoms. The zero-order valence-corrected chi connectivity index (χ0v) is 23.3. The summed E-state index contributed by atoms with van der Waals surface area (Å²) in [5.74, 6) is 0.968. The van der Waals surface area contributed by atoms with Crippen LogP contribution in [0.4, 0.5) is 10.1 Å². The largest absolute Gasteiger partial charge is 0.337 e. The molecule has 12 heteroatoms. The Labute approximate surface area is 241 Å². The molecule has 0 spiro atoms. The molecular weight excluding hydrogens is 537 g/mol. The summed E-state index contributed by atoms with van der Waals surface area (Å²) in [4.78, 5) is 41.6. The number of hydrogen-bond donors (Lipinski definition) is 2. The van der Waals surface area contributed by atoms with Crippen LogP contribution < -0.4 is 11.1 Å². The van der Waals surface area contributed by atoms with Crippen LogP contribution in [0, 0.1) is 5.92 Å². The summed E-state index contributed by atoms with van der Waals surface area (Å²) in [5.41, 5.74) is 10.9. The number of fused-ring (bicyclic) bond motifs is 3. The lowest BCUT2D eigenvalue weighted by Gasteiger charge is -2.29. The maximum atomic E-state index is 13.2. The molecule has 0 unspecified atom stereocenters. The van der Waals surface area contributed by atoms with E-state index in [2.05, 4.69) is 20.9 Å². The summed E-state index contributed by atoms with van der Waals surface area (Å²) in [7, 11) is 1.94. The lowest BCUT2D eigenvalue weighted by atomic mass is 10.0. The molecule has 42 heavy (non-hydrogen) atoms. The Morgan fingerprint density at radius 3 is 2.86 bits per heavy atom. The number of nitrogens with two attached hydrogens (primary N) is 1. The number of rotatable bonds is 9. The number of aryl methyl sites for hydroxylation is 1. The summed E-state index contributed by atoms with van der Waals surface area (Å²) in [5, 5.41) is 4.10. The van der Waals surface area contributed by atoms with Crippen LogP contribution in [-0.2, 0) is 31.4 Å². The molecule has 1 saturated carbocycles. The highest BCUT2D eigenvalue weighted by Gasteiger charge is 2.30. The third-order valence-corrected chi connectivity index (χ3v) is 8.16. The van der Waals surface area contributed by atoms with Crippen molar-refractivity contribution < 1.29 is 14.0 Å². The molecule has 1 aromatic carbocycles. The van der Waals surface area contributed by atoms with Crippen molar-refractivity contribution in [1.29, 1.82) is 0 Å². The van der Waals surface area contributed by atoms with Gasteiger partial charge in [-0.2, -0.15) is 0 Å². The summed E-state index contributed by atoms with van der Waals surface area (Å²) in [6.07, 6.45) is 7.93. The van der Waals surface area contributed by atoms with E-state index in [9.17, 15) is 14.0 Å². The quantitative estimate of drug-likeness (QED) is 0.281. The van der Waals surface area contributed by atoms with Crippen molar-refractivity contribution in [2.45, 2.75) is 38.4 Å². The molecular formula is C30H32FN9O2. The zero-order chi connectivity index (χ0) is 29.0. The van der Waals surface area contributed by atoms with Crippen LogP contribution in [0.5, 0.6) is 0 Å². The lowest BCUT2D eigenvalue weighted by Crippen LogP contribution is -2.45. The SMILES string of the molecule is Cn1c(-c2cc3cccc(NC(=O)Cn4ccnc4)c3n2CC2CC2)nc2cc3c(nc21)CCN(C[C@H](N)CF)C3=O. The number of hydrogen-bond acceptors (Lipinski definition) is 6. The molecule has 216 valence electrons. The fourth-order valence-electron chi connectivity index (χ4n) is 5.87. The van der Waals surface area contributed by atoms with Crippen LogP contribution in [0.3, 0.4) is 0 Å². The minimum Gasteiger partial charge on any atom is -0.337 e. The van der Waals surface area contributed by atoms with Gasteiger partial charge in [0.25, 0.3) is 5.91 Å². The van der Waals surface area contributed by atoms with Gasteiger partial charge in [-0.1, -0.05) is 12.1 Å². The van der Waals surface area contributed by atoms with Crippen molar-refractivity contribution in [1.82, 2.24) is 33.6 Å². The van der Waals surface area contributed by atoms with E-state index in [1.54, 1.807) is 34.3 Å². The van der Waals surface area contributed by atoms with Crippen molar-refractivity contribution >= 4 is 39.6 Å². The van der Waals surface area contributed by atoms with Crippen molar-refractivity contribution in [3.8, 4) is 11.5 Å². The monoisotopic (exact) mass is 569 g/mol. The van der Waals surface area contributed by atoms with Crippen molar-refractivity contribution in [3.63, 3.8) is 0 Å². The third-order valence-electron chi connectivity index (χ3n) is 8.16. The topological polar surface area (TPSA) is 129 Å². The van der Waals surface area contributed by atoms with Gasteiger partial charge in [0.05, 0.1) is 40.5 Å². The first-order valence-electron chi connectivity index (χ1n) is 14.2. The number of carbonyl (C=O) groups is 2. The molecule has 1 aliphatic carbocycles.